The molecule has 0 spiro atoms. The van der Waals surface area contributed by atoms with Crippen LogP contribution < -0.4 is 15.8 Å². The summed E-state index contributed by atoms with van der Waals surface area (Å²) in [7, 11) is 0. The number of carbonyl (C=O) groups excluding carboxylic acids is 1. The first-order valence-corrected chi connectivity index (χ1v) is 4.36. The molecule has 0 unspecified atom stereocenters. The molecule has 16 heavy (non-hydrogen) atoms. The molecular formula is C9H13N3O4. The number of hydrogen-bond acceptors (Lipinski definition) is 5. The first-order valence-electron chi connectivity index (χ1n) is 4.36. The number of aliphatic carboxylic acids is 2. The fraction of sp³-hybridized carbons (Fsp3) is 0.333. The number of nitrogens with zero attached hydrogens (tertiary/aromatic N) is 1. The predicted molar refractivity (Wildman–Crippen MR) is 51.9 cm³/mol. The molecule has 0 amide bonds. The minimum atomic E-state index is -1.56. The lowest BCUT2D eigenvalue weighted by atomic mass is 10.4. The predicted octanol–water partition coefficient (Wildman–Crippen LogP) is -1.69. The van der Waals surface area contributed by atoms with Crippen molar-refractivity contribution in [1.29, 1.82) is 0 Å². The standard InChI is InChI=1S/C6H9N3.C3H4O4/c1-4-3-5(2)9-6(7)8-4;4-2(5)1-3(6)7/h3H,1-2H3,(H2,7,8,9);1H2,(H,4,5)(H,6,7). The van der Waals surface area contributed by atoms with Gasteiger partial charge in [-0.05, 0) is 13.8 Å². The van der Waals surface area contributed by atoms with E-state index >= 15 is 0 Å². The summed E-state index contributed by atoms with van der Waals surface area (Å²) in [5.74, 6) is -2.46. The second-order valence-corrected chi connectivity index (χ2v) is 3.03. The zero-order chi connectivity index (χ0) is 12.7. The molecule has 1 heterocycles. The minimum absolute atomic E-state index is 0.479. The van der Waals surface area contributed by atoms with Crippen molar-refractivity contribution in [3.8, 4) is 0 Å². The van der Waals surface area contributed by atoms with Gasteiger partial charge in [-0.1, -0.05) is 4.98 Å². The summed E-state index contributed by atoms with van der Waals surface area (Å²) in [5.41, 5.74) is 7.38. The van der Waals surface area contributed by atoms with Crippen LogP contribution in [0.1, 0.15) is 17.8 Å². The van der Waals surface area contributed by atoms with Gasteiger partial charge in [-0.25, -0.2) is 4.98 Å². The van der Waals surface area contributed by atoms with Crippen LogP contribution in [0.25, 0.3) is 0 Å². The Hall–Kier alpha value is -2.18. The van der Waals surface area contributed by atoms with Crippen molar-refractivity contribution < 1.29 is 24.8 Å². The number of carbonyl (C=O) groups is 2. The molecular weight excluding hydrogens is 214 g/mol. The van der Waals surface area contributed by atoms with Crippen LogP contribution in [-0.4, -0.2) is 22.0 Å². The summed E-state index contributed by atoms with van der Waals surface area (Å²) in [6.07, 6.45) is -0.917. The van der Waals surface area contributed by atoms with Gasteiger partial charge in [-0.2, -0.15) is 0 Å². The van der Waals surface area contributed by atoms with E-state index in [9.17, 15) is 14.7 Å². The number of H-pyrrole nitrogens is 1. The van der Waals surface area contributed by atoms with Gasteiger partial charge in [0.25, 0.3) is 0 Å². The zero-order valence-electron chi connectivity index (χ0n) is 8.98. The van der Waals surface area contributed by atoms with Crippen LogP contribution in [0.2, 0.25) is 0 Å². The van der Waals surface area contributed by atoms with Gasteiger partial charge < -0.3 is 15.0 Å². The number of carboxylic acid groups (broad SMARTS) is 2. The van der Waals surface area contributed by atoms with Crippen molar-refractivity contribution in [2.45, 2.75) is 20.3 Å². The molecule has 0 saturated carbocycles. The van der Waals surface area contributed by atoms with Gasteiger partial charge in [-0.15, -0.1) is 0 Å². The molecule has 0 saturated heterocycles. The number of aromatic nitrogens is 2. The van der Waals surface area contributed by atoms with Crippen LogP contribution in [0.4, 0.5) is 5.95 Å². The molecule has 7 heteroatoms. The number of nitrogens with one attached hydrogen (secondary N) is 1. The summed E-state index contributed by atoms with van der Waals surface area (Å²) in [6, 6.07) is 1.94. The fourth-order valence-electron chi connectivity index (χ4n) is 0.925. The Kier molecular flexibility index (Phi) is 5.47. The summed E-state index contributed by atoms with van der Waals surface area (Å²) in [6.45, 7) is 3.86. The average molecular weight is 227 g/mol. The number of carboxylic acids is 2. The van der Waals surface area contributed by atoms with Gasteiger partial charge in [-0.3, -0.25) is 10.5 Å². The summed E-state index contributed by atoms with van der Waals surface area (Å²) < 4.78 is 0. The lowest BCUT2D eigenvalue weighted by molar-refractivity contribution is -0.374. The highest BCUT2D eigenvalue weighted by atomic mass is 16.4. The van der Waals surface area contributed by atoms with E-state index in [4.69, 9.17) is 10.8 Å². The van der Waals surface area contributed by atoms with Crippen molar-refractivity contribution >= 4 is 17.9 Å². The number of nitrogens with two attached hydrogens (primary N) is 1. The SMILES string of the molecule is Cc1cc(C)[nH+]c(N)n1.O=C([O-])CC(=O)O. The third-order valence-corrected chi connectivity index (χ3v) is 1.34. The minimum Gasteiger partial charge on any atom is -0.550 e. The molecule has 0 aliphatic carbocycles. The smallest absolute Gasteiger partial charge is 0.387 e. The molecule has 1 aromatic heterocycles. The maximum absolute atomic E-state index is 9.39. The van der Waals surface area contributed by atoms with Gasteiger partial charge in [0.2, 0.25) is 0 Å². The van der Waals surface area contributed by atoms with Crippen LogP contribution in [0.15, 0.2) is 6.07 Å². The number of anilines is 1. The van der Waals surface area contributed by atoms with Crippen molar-refractivity contribution in [3.63, 3.8) is 0 Å². The van der Waals surface area contributed by atoms with Gasteiger partial charge in [0, 0.05) is 6.07 Å². The van der Waals surface area contributed by atoms with E-state index in [2.05, 4.69) is 9.97 Å². The number of rotatable bonds is 2. The first-order chi connectivity index (χ1) is 7.31. The third kappa shape index (κ3) is 7.25. The lowest BCUT2D eigenvalue weighted by Gasteiger charge is -1.91. The number of nitrogen functional groups attached to an aromatic ring is 1. The molecule has 4 N–H and O–H groups in total. The number of hydrogen-bond donors (Lipinski definition) is 2. The van der Waals surface area contributed by atoms with Crippen LogP contribution in [0.5, 0.6) is 0 Å². The molecule has 0 radical (unpaired) electrons. The monoisotopic (exact) mass is 227 g/mol. The zero-order valence-corrected chi connectivity index (χ0v) is 8.98. The fourth-order valence-corrected chi connectivity index (χ4v) is 0.925. The summed E-state index contributed by atoms with van der Waals surface area (Å²) in [4.78, 5) is 25.5. The molecule has 88 valence electrons. The molecule has 0 bridgehead atoms. The first kappa shape index (κ1) is 13.8. The molecule has 0 aromatic carbocycles. The Morgan fingerprint density at radius 3 is 2.38 bits per heavy atom. The second kappa shape index (κ2) is 6.33. The highest BCUT2D eigenvalue weighted by Crippen LogP contribution is 1.93. The van der Waals surface area contributed by atoms with Crippen LogP contribution in [-0.2, 0) is 9.59 Å². The van der Waals surface area contributed by atoms with Crippen molar-refractivity contribution in [2.75, 3.05) is 5.73 Å². The third-order valence-electron chi connectivity index (χ3n) is 1.34. The van der Waals surface area contributed by atoms with E-state index in [1.54, 1.807) is 0 Å². The normalized spacial score (nSPS) is 8.88. The van der Waals surface area contributed by atoms with E-state index in [1.165, 1.54) is 0 Å². The van der Waals surface area contributed by atoms with Gasteiger partial charge in [0.1, 0.15) is 5.69 Å². The highest BCUT2D eigenvalue weighted by molar-refractivity contribution is 5.87. The Labute approximate surface area is 92.0 Å². The molecule has 1 rings (SSSR count). The summed E-state index contributed by atoms with van der Waals surface area (Å²) in [5, 5.41) is 17.0. The molecule has 7 nitrogen and oxygen atoms in total. The Morgan fingerprint density at radius 2 is 2.12 bits per heavy atom. The maximum atomic E-state index is 9.39. The Balaban J connectivity index is 0.000000293. The number of aromatic amines is 1. The van der Waals surface area contributed by atoms with E-state index < -0.39 is 18.4 Å². The Morgan fingerprint density at radius 1 is 1.56 bits per heavy atom. The largest absolute Gasteiger partial charge is 0.550 e. The molecule has 0 fully saturated rings. The van der Waals surface area contributed by atoms with Crippen molar-refractivity contribution in [3.05, 3.63) is 17.5 Å². The van der Waals surface area contributed by atoms with Crippen molar-refractivity contribution in [1.82, 2.24) is 4.98 Å². The molecule has 0 aliphatic heterocycles. The van der Waals surface area contributed by atoms with E-state index in [0.29, 0.717) is 5.95 Å². The second-order valence-electron chi connectivity index (χ2n) is 3.03. The van der Waals surface area contributed by atoms with Gasteiger partial charge >= 0.3 is 11.9 Å². The van der Waals surface area contributed by atoms with Crippen LogP contribution in [0, 0.1) is 13.8 Å². The topological polar surface area (TPSA) is 130 Å². The van der Waals surface area contributed by atoms with E-state index in [0.717, 1.165) is 11.4 Å². The Bertz CT molecular complexity index is 330. The molecule has 0 atom stereocenters. The van der Waals surface area contributed by atoms with Gasteiger partial charge in [0.05, 0.1) is 18.1 Å². The lowest BCUT2D eigenvalue weighted by Crippen LogP contribution is -2.24. The maximum Gasteiger partial charge on any atom is 0.387 e. The molecule has 0 aliphatic rings. The van der Waals surface area contributed by atoms with Crippen LogP contribution in [0.3, 0.4) is 0 Å². The van der Waals surface area contributed by atoms with E-state index in [1.807, 2.05) is 19.9 Å². The number of aryl methyl sites for hydroxylation is 2. The van der Waals surface area contributed by atoms with Gasteiger partial charge in [0.15, 0.2) is 0 Å². The quantitative estimate of drug-likeness (QED) is 0.579. The van der Waals surface area contributed by atoms with Crippen LogP contribution >= 0.6 is 0 Å². The average Bonchev–Trinajstić information content (AvgIpc) is 1.97. The van der Waals surface area contributed by atoms with Crippen molar-refractivity contribution in [2.24, 2.45) is 0 Å². The summed E-state index contributed by atoms with van der Waals surface area (Å²) >= 11 is 0. The van der Waals surface area contributed by atoms with E-state index in [-0.39, 0.29) is 0 Å². The highest BCUT2D eigenvalue weighted by Gasteiger charge is 1.98. The molecule has 1 aromatic rings.